The van der Waals surface area contributed by atoms with Crippen LogP contribution < -0.4 is 5.32 Å². The molecule has 0 spiro atoms. The Morgan fingerprint density at radius 3 is 2.00 bits per heavy atom. The molecule has 0 saturated heterocycles. The molecule has 162 valence electrons. The molecule has 7 heteroatoms. The van der Waals surface area contributed by atoms with Gasteiger partial charge >= 0.3 is 0 Å². The summed E-state index contributed by atoms with van der Waals surface area (Å²) < 4.78 is 27.0. The number of rotatable bonds is 8. The Balaban J connectivity index is 1.64. The lowest BCUT2D eigenvalue weighted by molar-refractivity contribution is -0.121. The third-order valence-corrected chi connectivity index (χ3v) is 8.73. The number of aromatic nitrogens is 1. The second-order valence-electron chi connectivity index (χ2n) is 7.25. The van der Waals surface area contributed by atoms with E-state index in [4.69, 9.17) is 0 Å². The van der Waals surface area contributed by atoms with E-state index in [0.717, 1.165) is 11.1 Å². The predicted molar refractivity (Wildman–Crippen MR) is 126 cm³/mol. The van der Waals surface area contributed by atoms with E-state index >= 15 is 0 Å². The molecular weight excluding hydrogens is 440 g/mol. The van der Waals surface area contributed by atoms with Crippen LogP contribution in [0.2, 0.25) is 0 Å². The molecule has 2 aromatic carbocycles. The van der Waals surface area contributed by atoms with E-state index in [2.05, 4.69) is 10.3 Å². The van der Waals surface area contributed by atoms with Crippen LogP contribution in [0.3, 0.4) is 0 Å². The summed E-state index contributed by atoms with van der Waals surface area (Å²) in [6, 6.07) is 25.7. The van der Waals surface area contributed by atoms with Crippen molar-refractivity contribution in [2.75, 3.05) is 6.54 Å². The van der Waals surface area contributed by atoms with Crippen molar-refractivity contribution in [1.29, 1.82) is 0 Å². The van der Waals surface area contributed by atoms with Crippen molar-refractivity contribution in [1.82, 2.24) is 10.3 Å². The largest absolute Gasteiger partial charge is 0.354 e. The molecule has 0 bridgehead atoms. The number of sulfone groups is 1. The maximum Gasteiger partial charge on any atom is 0.232 e. The Bertz CT molecular complexity index is 1210. The van der Waals surface area contributed by atoms with Crippen molar-refractivity contribution < 1.29 is 13.2 Å². The zero-order chi connectivity index (χ0) is 22.4. The number of pyridine rings is 1. The smallest absolute Gasteiger partial charge is 0.232 e. The van der Waals surface area contributed by atoms with Crippen LogP contribution in [0.4, 0.5) is 0 Å². The summed E-state index contributed by atoms with van der Waals surface area (Å²) in [5.41, 5.74) is 2.22. The normalized spacial score (nSPS) is 12.4. The Morgan fingerprint density at radius 1 is 0.844 bits per heavy atom. The average molecular weight is 463 g/mol. The van der Waals surface area contributed by atoms with Crippen LogP contribution in [0.15, 0.2) is 107 Å². The van der Waals surface area contributed by atoms with E-state index in [9.17, 15) is 13.2 Å². The number of thiophene rings is 1. The van der Waals surface area contributed by atoms with Crippen LogP contribution in [0.5, 0.6) is 0 Å². The number of hydrogen-bond acceptors (Lipinski definition) is 5. The van der Waals surface area contributed by atoms with Gasteiger partial charge in [0.15, 0.2) is 9.84 Å². The first-order valence-corrected chi connectivity index (χ1v) is 12.5. The second-order valence-corrected chi connectivity index (χ2v) is 10.6. The van der Waals surface area contributed by atoms with Crippen LogP contribution in [0.1, 0.15) is 27.9 Å². The monoisotopic (exact) mass is 462 g/mol. The molecule has 0 aliphatic heterocycles. The van der Waals surface area contributed by atoms with Crippen LogP contribution in [0, 0.1) is 0 Å². The topological polar surface area (TPSA) is 76.1 Å². The Morgan fingerprint density at radius 2 is 1.47 bits per heavy atom. The molecular formula is C25H22N2O3S2. The van der Waals surface area contributed by atoms with E-state index < -0.39 is 21.0 Å². The van der Waals surface area contributed by atoms with Crippen LogP contribution in [-0.4, -0.2) is 25.9 Å². The molecule has 2 heterocycles. The summed E-state index contributed by atoms with van der Waals surface area (Å²) in [4.78, 5) is 17.5. The Labute approximate surface area is 191 Å². The quantitative estimate of drug-likeness (QED) is 0.415. The van der Waals surface area contributed by atoms with Gasteiger partial charge in [0.2, 0.25) is 5.91 Å². The SMILES string of the molecule is O=C(NC[C@@H](c1cccnc1)S(=O)(=O)c1cccs1)C(c1ccccc1)c1ccccc1. The van der Waals surface area contributed by atoms with Gasteiger partial charge in [0.1, 0.15) is 9.46 Å². The van der Waals surface area contributed by atoms with E-state index in [1.807, 2.05) is 60.7 Å². The Hall–Kier alpha value is -3.29. The summed E-state index contributed by atoms with van der Waals surface area (Å²) in [5, 5.41) is 3.70. The molecule has 1 N–H and O–H groups in total. The molecule has 4 rings (SSSR count). The van der Waals surface area contributed by atoms with Crippen molar-refractivity contribution in [3.8, 4) is 0 Å². The van der Waals surface area contributed by atoms with E-state index in [1.165, 1.54) is 17.5 Å². The molecule has 0 aliphatic rings. The lowest BCUT2D eigenvalue weighted by atomic mass is 9.90. The molecule has 1 atom stereocenters. The Kier molecular flexibility index (Phi) is 6.78. The third-order valence-electron chi connectivity index (χ3n) is 5.20. The van der Waals surface area contributed by atoms with E-state index in [0.29, 0.717) is 5.56 Å². The first kappa shape index (κ1) is 21.9. The van der Waals surface area contributed by atoms with Crippen molar-refractivity contribution in [2.24, 2.45) is 0 Å². The maximum atomic E-state index is 13.4. The van der Waals surface area contributed by atoms with Gasteiger partial charge in [-0.25, -0.2) is 8.42 Å². The standard InChI is InChI=1S/C25H22N2O3S2/c28-25(24(19-9-3-1-4-10-19)20-11-5-2-6-12-20)27-18-22(21-13-7-15-26-17-21)32(29,30)23-14-8-16-31-23/h1-17,22,24H,18H2,(H,27,28)/t22-/m0/s1. The maximum absolute atomic E-state index is 13.4. The van der Waals surface area contributed by atoms with E-state index in [-0.39, 0.29) is 16.7 Å². The predicted octanol–water partition coefficient (Wildman–Crippen LogP) is 4.61. The fourth-order valence-corrected chi connectivity index (χ4v) is 6.47. The highest BCUT2D eigenvalue weighted by Gasteiger charge is 2.32. The molecule has 0 fully saturated rings. The number of carbonyl (C=O) groups excluding carboxylic acids is 1. The van der Waals surface area contributed by atoms with Gasteiger partial charge in [-0.3, -0.25) is 9.78 Å². The van der Waals surface area contributed by atoms with Crippen molar-refractivity contribution in [3.05, 3.63) is 119 Å². The molecule has 0 aliphatic carbocycles. The number of amides is 1. The third kappa shape index (κ3) is 4.79. The van der Waals surface area contributed by atoms with Gasteiger partial charge in [0, 0.05) is 18.9 Å². The molecule has 0 radical (unpaired) electrons. The van der Waals surface area contributed by atoms with Crippen molar-refractivity contribution in [3.63, 3.8) is 0 Å². The lowest BCUT2D eigenvalue weighted by Crippen LogP contribution is -2.35. The molecule has 0 saturated carbocycles. The van der Waals surface area contributed by atoms with Crippen molar-refractivity contribution in [2.45, 2.75) is 15.4 Å². The molecule has 2 aromatic heterocycles. The van der Waals surface area contributed by atoms with Gasteiger partial charge in [0.25, 0.3) is 0 Å². The average Bonchev–Trinajstić information content (AvgIpc) is 3.38. The lowest BCUT2D eigenvalue weighted by Gasteiger charge is -2.21. The fourth-order valence-electron chi connectivity index (χ4n) is 3.62. The molecule has 4 aromatic rings. The number of hydrogen-bond donors (Lipinski definition) is 1. The number of nitrogens with zero attached hydrogens (tertiary/aromatic N) is 1. The van der Waals surface area contributed by atoms with E-state index in [1.54, 1.807) is 35.8 Å². The molecule has 1 amide bonds. The zero-order valence-corrected chi connectivity index (χ0v) is 18.8. The summed E-state index contributed by atoms with van der Waals surface area (Å²) >= 11 is 1.17. The second kappa shape index (κ2) is 9.89. The van der Waals surface area contributed by atoms with Crippen LogP contribution in [-0.2, 0) is 14.6 Å². The highest BCUT2D eigenvalue weighted by Crippen LogP contribution is 2.31. The summed E-state index contributed by atoms with van der Waals surface area (Å²) in [6.45, 7) is -0.0546. The first-order chi connectivity index (χ1) is 15.6. The summed E-state index contributed by atoms with van der Waals surface area (Å²) in [7, 11) is -3.70. The molecule has 32 heavy (non-hydrogen) atoms. The first-order valence-electron chi connectivity index (χ1n) is 10.1. The van der Waals surface area contributed by atoms with Gasteiger partial charge in [-0.05, 0) is 34.2 Å². The molecule has 5 nitrogen and oxygen atoms in total. The van der Waals surface area contributed by atoms with Crippen LogP contribution in [0.25, 0.3) is 0 Å². The van der Waals surface area contributed by atoms with Gasteiger partial charge in [-0.15, -0.1) is 11.3 Å². The van der Waals surface area contributed by atoms with Gasteiger partial charge < -0.3 is 5.32 Å². The minimum Gasteiger partial charge on any atom is -0.354 e. The number of carbonyl (C=O) groups is 1. The number of nitrogens with one attached hydrogen (secondary N) is 1. The summed E-state index contributed by atoms with van der Waals surface area (Å²) in [6.07, 6.45) is 3.13. The molecule has 0 unspecified atom stereocenters. The highest BCUT2D eigenvalue weighted by atomic mass is 32.2. The number of benzene rings is 2. The fraction of sp³-hybridized carbons (Fsp3) is 0.120. The van der Waals surface area contributed by atoms with Crippen molar-refractivity contribution >= 4 is 27.1 Å². The van der Waals surface area contributed by atoms with Gasteiger partial charge in [-0.2, -0.15) is 0 Å². The minimum atomic E-state index is -3.70. The van der Waals surface area contributed by atoms with Crippen LogP contribution >= 0.6 is 11.3 Å². The minimum absolute atomic E-state index is 0.0546. The zero-order valence-electron chi connectivity index (χ0n) is 17.2. The highest BCUT2D eigenvalue weighted by molar-refractivity contribution is 7.93. The summed E-state index contributed by atoms with van der Waals surface area (Å²) in [5.74, 6) is -0.797. The van der Waals surface area contributed by atoms with Gasteiger partial charge in [0.05, 0.1) is 5.92 Å². The van der Waals surface area contributed by atoms with Gasteiger partial charge in [-0.1, -0.05) is 72.8 Å².